The second-order valence-corrected chi connectivity index (χ2v) is 7.73. The molecule has 0 N–H and O–H groups in total. The van der Waals surface area contributed by atoms with E-state index < -0.39 is 10.0 Å². The van der Waals surface area contributed by atoms with E-state index in [1.54, 1.807) is 48.8 Å². The summed E-state index contributed by atoms with van der Waals surface area (Å²) in [5, 5.41) is 3.97. The summed E-state index contributed by atoms with van der Waals surface area (Å²) in [6.45, 7) is 1.18. The van der Waals surface area contributed by atoms with E-state index >= 15 is 0 Å². The maximum atomic E-state index is 12.5. The predicted molar refractivity (Wildman–Crippen MR) is 91.0 cm³/mol. The summed E-state index contributed by atoms with van der Waals surface area (Å²) in [4.78, 5) is 8.59. The van der Waals surface area contributed by atoms with Gasteiger partial charge in [0.25, 0.3) is 5.89 Å². The summed E-state index contributed by atoms with van der Waals surface area (Å²) < 4.78 is 31.9. The standard InChI is InChI=1S/C17H16N4O3S/c22-25(23,21-11-1-2-12-21)15-5-3-13(4-6-15)16-19-17(24-20-16)14-7-9-18-10-8-14/h3-10H,1-2,11-12H2. The van der Waals surface area contributed by atoms with Crippen LogP contribution in [0.15, 0.2) is 58.2 Å². The van der Waals surface area contributed by atoms with Gasteiger partial charge in [0.2, 0.25) is 15.8 Å². The van der Waals surface area contributed by atoms with Crippen LogP contribution in [0.2, 0.25) is 0 Å². The third-order valence-electron chi connectivity index (χ3n) is 4.17. The highest BCUT2D eigenvalue weighted by atomic mass is 32.2. The number of hydrogen-bond acceptors (Lipinski definition) is 6. The molecular formula is C17H16N4O3S. The molecule has 2 aromatic heterocycles. The summed E-state index contributed by atoms with van der Waals surface area (Å²) in [5.74, 6) is 0.808. The van der Waals surface area contributed by atoms with E-state index in [4.69, 9.17) is 4.52 Å². The minimum absolute atomic E-state index is 0.288. The van der Waals surface area contributed by atoms with Crippen molar-refractivity contribution in [3.8, 4) is 22.8 Å². The molecule has 0 amide bonds. The number of pyridine rings is 1. The maximum absolute atomic E-state index is 12.5. The minimum atomic E-state index is -3.41. The van der Waals surface area contributed by atoms with Crippen LogP contribution in [-0.4, -0.2) is 40.9 Å². The van der Waals surface area contributed by atoms with Crippen molar-refractivity contribution >= 4 is 10.0 Å². The fourth-order valence-corrected chi connectivity index (χ4v) is 4.32. The van der Waals surface area contributed by atoms with E-state index in [-0.39, 0.29) is 4.90 Å². The van der Waals surface area contributed by atoms with E-state index in [0.29, 0.717) is 30.4 Å². The Morgan fingerprint density at radius 2 is 1.60 bits per heavy atom. The molecule has 1 aliphatic rings. The fraction of sp³-hybridized carbons (Fsp3) is 0.235. The molecule has 3 heterocycles. The summed E-state index contributed by atoms with van der Waals surface area (Å²) in [7, 11) is -3.41. The van der Waals surface area contributed by atoms with Gasteiger partial charge in [0.05, 0.1) is 4.90 Å². The van der Waals surface area contributed by atoms with E-state index in [9.17, 15) is 8.42 Å². The van der Waals surface area contributed by atoms with Gasteiger partial charge in [-0.3, -0.25) is 4.98 Å². The monoisotopic (exact) mass is 356 g/mol. The minimum Gasteiger partial charge on any atom is -0.334 e. The first-order chi connectivity index (χ1) is 12.1. The van der Waals surface area contributed by atoms with Gasteiger partial charge in [-0.1, -0.05) is 5.16 Å². The highest BCUT2D eigenvalue weighted by molar-refractivity contribution is 7.89. The highest BCUT2D eigenvalue weighted by Gasteiger charge is 2.27. The van der Waals surface area contributed by atoms with Crippen molar-refractivity contribution in [1.82, 2.24) is 19.4 Å². The molecule has 0 aliphatic carbocycles. The zero-order valence-corrected chi connectivity index (χ0v) is 14.2. The van der Waals surface area contributed by atoms with Gasteiger partial charge < -0.3 is 4.52 Å². The Kier molecular flexibility index (Phi) is 4.06. The zero-order valence-electron chi connectivity index (χ0n) is 13.4. The van der Waals surface area contributed by atoms with E-state index in [2.05, 4.69) is 15.1 Å². The SMILES string of the molecule is O=S(=O)(c1ccc(-c2noc(-c3ccncc3)n2)cc1)N1CCCC1. The van der Waals surface area contributed by atoms with Crippen molar-refractivity contribution in [2.24, 2.45) is 0 Å². The van der Waals surface area contributed by atoms with Crippen LogP contribution in [0.1, 0.15) is 12.8 Å². The largest absolute Gasteiger partial charge is 0.334 e. The average Bonchev–Trinajstić information content (AvgIpc) is 3.35. The van der Waals surface area contributed by atoms with Crippen LogP contribution in [0, 0.1) is 0 Å². The Balaban J connectivity index is 1.60. The number of benzene rings is 1. The third kappa shape index (κ3) is 3.06. The lowest BCUT2D eigenvalue weighted by molar-refractivity contribution is 0.432. The van der Waals surface area contributed by atoms with Crippen molar-refractivity contribution in [3.05, 3.63) is 48.8 Å². The first kappa shape index (κ1) is 15.9. The Bertz CT molecular complexity index is 963. The molecule has 1 aromatic carbocycles. The predicted octanol–water partition coefficient (Wildman–Crippen LogP) is 2.58. The summed E-state index contributed by atoms with van der Waals surface area (Å²) in [5.41, 5.74) is 1.48. The van der Waals surface area contributed by atoms with Gasteiger partial charge in [-0.15, -0.1) is 0 Å². The quantitative estimate of drug-likeness (QED) is 0.714. The molecule has 1 saturated heterocycles. The van der Waals surface area contributed by atoms with E-state index in [1.807, 2.05) is 0 Å². The van der Waals surface area contributed by atoms with Crippen LogP contribution < -0.4 is 0 Å². The Labute approximate surface area is 145 Å². The van der Waals surface area contributed by atoms with Gasteiger partial charge >= 0.3 is 0 Å². The molecule has 0 bridgehead atoms. The normalized spacial score (nSPS) is 15.5. The highest BCUT2D eigenvalue weighted by Crippen LogP contribution is 2.25. The topological polar surface area (TPSA) is 89.2 Å². The molecule has 0 spiro atoms. The molecule has 1 aliphatic heterocycles. The van der Waals surface area contributed by atoms with Gasteiger partial charge in [0, 0.05) is 36.6 Å². The zero-order chi connectivity index (χ0) is 17.3. The lowest BCUT2D eigenvalue weighted by Crippen LogP contribution is -2.27. The molecule has 4 rings (SSSR count). The fourth-order valence-electron chi connectivity index (χ4n) is 2.81. The average molecular weight is 356 g/mol. The van der Waals surface area contributed by atoms with Gasteiger partial charge in [-0.05, 0) is 49.2 Å². The van der Waals surface area contributed by atoms with Crippen molar-refractivity contribution < 1.29 is 12.9 Å². The lowest BCUT2D eigenvalue weighted by Gasteiger charge is -2.15. The summed E-state index contributed by atoms with van der Waals surface area (Å²) >= 11 is 0. The first-order valence-electron chi connectivity index (χ1n) is 7.99. The van der Waals surface area contributed by atoms with Crippen LogP contribution >= 0.6 is 0 Å². The molecular weight excluding hydrogens is 340 g/mol. The molecule has 128 valence electrons. The lowest BCUT2D eigenvalue weighted by atomic mass is 10.2. The third-order valence-corrected chi connectivity index (χ3v) is 6.08. The van der Waals surface area contributed by atoms with Crippen LogP contribution in [-0.2, 0) is 10.0 Å². The second kappa shape index (κ2) is 6.38. The first-order valence-corrected chi connectivity index (χ1v) is 9.43. The maximum Gasteiger partial charge on any atom is 0.258 e. The Morgan fingerprint density at radius 1 is 0.920 bits per heavy atom. The van der Waals surface area contributed by atoms with Gasteiger partial charge in [-0.2, -0.15) is 9.29 Å². The Hall–Kier alpha value is -2.58. The van der Waals surface area contributed by atoms with Crippen molar-refractivity contribution in [1.29, 1.82) is 0 Å². The van der Waals surface area contributed by atoms with Crippen LogP contribution in [0.4, 0.5) is 0 Å². The number of sulfonamides is 1. The van der Waals surface area contributed by atoms with Crippen LogP contribution in [0.5, 0.6) is 0 Å². The molecule has 7 nitrogen and oxygen atoms in total. The molecule has 0 atom stereocenters. The van der Waals surface area contributed by atoms with Crippen LogP contribution in [0.3, 0.4) is 0 Å². The number of rotatable bonds is 4. The summed E-state index contributed by atoms with van der Waals surface area (Å²) in [6, 6.07) is 10.1. The van der Waals surface area contributed by atoms with Gasteiger partial charge in [0.1, 0.15) is 0 Å². The van der Waals surface area contributed by atoms with Crippen LogP contribution in [0.25, 0.3) is 22.8 Å². The Morgan fingerprint density at radius 3 is 2.28 bits per heavy atom. The number of nitrogens with zero attached hydrogens (tertiary/aromatic N) is 4. The van der Waals surface area contributed by atoms with Gasteiger partial charge in [0.15, 0.2) is 0 Å². The van der Waals surface area contributed by atoms with E-state index in [0.717, 1.165) is 18.4 Å². The molecule has 0 radical (unpaired) electrons. The van der Waals surface area contributed by atoms with Crippen molar-refractivity contribution in [3.63, 3.8) is 0 Å². The van der Waals surface area contributed by atoms with E-state index in [1.165, 1.54) is 4.31 Å². The molecule has 8 heteroatoms. The molecule has 0 unspecified atom stereocenters. The summed E-state index contributed by atoms with van der Waals surface area (Å²) in [6.07, 6.45) is 5.13. The van der Waals surface area contributed by atoms with Gasteiger partial charge in [-0.25, -0.2) is 8.42 Å². The molecule has 0 saturated carbocycles. The number of aromatic nitrogens is 3. The molecule has 25 heavy (non-hydrogen) atoms. The smallest absolute Gasteiger partial charge is 0.258 e. The molecule has 3 aromatic rings. The second-order valence-electron chi connectivity index (χ2n) is 5.79. The molecule has 1 fully saturated rings. The van der Waals surface area contributed by atoms with Crippen molar-refractivity contribution in [2.75, 3.05) is 13.1 Å². The number of hydrogen-bond donors (Lipinski definition) is 0. The van der Waals surface area contributed by atoms with Crippen molar-refractivity contribution in [2.45, 2.75) is 17.7 Å².